The van der Waals surface area contributed by atoms with E-state index in [1.165, 1.54) is 18.4 Å². The van der Waals surface area contributed by atoms with Gasteiger partial charge in [0.1, 0.15) is 0 Å². The third kappa shape index (κ3) is 1.72. The lowest BCUT2D eigenvalue weighted by Gasteiger charge is -2.59. The van der Waals surface area contributed by atoms with Crippen LogP contribution in [-0.4, -0.2) is 34.6 Å². The summed E-state index contributed by atoms with van der Waals surface area (Å²) in [7, 11) is 0. The summed E-state index contributed by atoms with van der Waals surface area (Å²) < 4.78 is 5.94. The summed E-state index contributed by atoms with van der Waals surface area (Å²) in [5, 5.41) is 21.3. The molecule has 128 valence electrons. The van der Waals surface area contributed by atoms with Crippen LogP contribution in [-0.2, 0) is 4.74 Å². The van der Waals surface area contributed by atoms with Crippen molar-refractivity contribution in [2.45, 2.75) is 76.6 Å². The van der Waals surface area contributed by atoms with Gasteiger partial charge in [-0.25, -0.2) is 0 Å². The van der Waals surface area contributed by atoms with Gasteiger partial charge in [0.25, 0.3) is 0 Å². The zero-order valence-electron chi connectivity index (χ0n) is 14.4. The van der Waals surface area contributed by atoms with Gasteiger partial charge in [0, 0.05) is 5.41 Å². The number of hydrogen-bond donors (Lipinski definition) is 2. The van der Waals surface area contributed by atoms with Gasteiger partial charge in [0.05, 0.1) is 24.4 Å². The fourth-order valence-electron chi connectivity index (χ4n) is 7.41. The van der Waals surface area contributed by atoms with E-state index in [1.807, 2.05) is 0 Å². The van der Waals surface area contributed by atoms with E-state index in [-0.39, 0.29) is 28.6 Å². The minimum Gasteiger partial charge on any atom is -0.393 e. The molecule has 0 bridgehead atoms. The molecule has 1 spiro atoms. The number of allylic oxidation sites excluding steroid dienone is 1. The highest BCUT2D eigenvalue weighted by Crippen LogP contribution is 2.70. The highest BCUT2D eigenvalue weighted by molar-refractivity contribution is 5.28. The molecule has 5 rings (SSSR count). The van der Waals surface area contributed by atoms with Crippen LogP contribution in [0.15, 0.2) is 11.6 Å². The van der Waals surface area contributed by atoms with Crippen molar-refractivity contribution in [2.75, 3.05) is 6.61 Å². The molecule has 0 amide bonds. The van der Waals surface area contributed by atoms with Gasteiger partial charge in [-0.3, -0.25) is 0 Å². The lowest BCUT2D eigenvalue weighted by atomic mass is 9.46. The van der Waals surface area contributed by atoms with E-state index < -0.39 is 0 Å². The molecule has 5 aliphatic rings. The van der Waals surface area contributed by atoms with Crippen LogP contribution in [0.4, 0.5) is 0 Å². The quantitative estimate of drug-likeness (QED) is 0.533. The van der Waals surface area contributed by atoms with Crippen LogP contribution in [0.25, 0.3) is 0 Å². The zero-order valence-corrected chi connectivity index (χ0v) is 14.4. The second-order valence-corrected chi connectivity index (χ2v) is 9.59. The zero-order chi connectivity index (χ0) is 16.0. The van der Waals surface area contributed by atoms with Gasteiger partial charge >= 0.3 is 0 Å². The molecule has 3 heteroatoms. The van der Waals surface area contributed by atoms with Gasteiger partial charge in [-0.15, -0.1) is 0 Å². The molecule has 2 N–H and O–H groups in total. The molecule has 0 aromatic rings. The van der Waals surface area contributed by atoms with Crippen LogP contribution >= 0.6 is 0 Å². The van der Waals surface area contributed by atoms with Gasteiger partial charge in [0.2, 0.25) is 0 Å². The first-order valence-electron chi connectivity index (χ1n) is 9.59. The average molecular weight is 318 g/mol. The minimum atomic E-state index is -0.218. The van der Waals surface area contributed by atoms with Gasteiger partial charge in [-0.1, -0.05) is 25.5 Å². The Balaban J connectivity index is 1.55. The van der Waals surface area contributed by atoms with Crippen LogP contribution in [0.3, 0.4) is 0 Å². The summed E-state index contributed by atoms with van der Waals surface area (Å²) in [5.74, 6) is 1.66. The third-order valence-electron chi connectivity index (χ3n) is 8.80. The van der Waals surface area contributed by atoms with Crippen LogP contribution in [0.2, 0.25) is 0 Å². The van der Waals surface area contributed by atoms with E-state index in [0.29, 0.717) is 17.8 Å². The maximum absolute atomic E-state index is 11.2. The van der Waals surface area contributed by atoms with Crippen molar-refractivity contribution in [1.82, 2.24) is 0 Å². The molecule has 0 aromatic heterocycles. The lowest BCUT2D eigenvalue weighted by molar-refractivity contribution is -0.128. The first-order valence-corrected chi connectivity index (χ1v) is 9.59. The van der Waals surface area contributed by atoms with E-state index in [0.717, 1.165) is 38.7 Å². The fraction of sp³-hybridized carbons (Fsp3) is 0.900. The molecule has 23 heavy (non-hydrogen) atoms. The van der Waals surface area contributed by atoms with Gasteiger partial charge in [0.15, 0.2) is 0 Å². The molecule has 4 fully saturated rings. The number of aliphatic hydroxyl groups excluding tert-OH is 2. The summed E-state index contributed by atoms with van der Waals surface area (Å²) in [6.07, 6.45) is 9.24. The second-order valence-electron chi connectivity index (χ2n) is 9.59. The summed E-state index contributed by atoms with van der Waals surface area (Å²) in [4.78, 5) is 0. The smallest absolute Gasteiger partial charge is 0.0973 e. The van der Waals surface area contributed by atoms with E-state index in [4.69, 9.17) is 4.74 Å². The second kappa shape index (κ2) is 4.42. The van der Waals surface area contributed by atoms with Crippen molar-refractivity contribution in [3.8, 4) is 0 Å². The maximum atomic E-state index is 11.2. The average Bonchev–Trinajstić information content (AvgIpc) is 3.22. The van der Waals surface area contributed by atoms with Gasteiger partial charge < -0.3 is 14.9 Å². The Kier molecular flexibility index (Phi) is 2.87. The monoisotopic (exact) mass is 318 g/mol. The van der Waals surface area contributed by atoms with Crippen molar-refractivity contribution in [1.29, 1.82) is 0 Å². The molecule has 4 aliphatic carbocycles. The van der Waals surface area contributed by atoms with Gasteiger partial charge in [-0.2, -0.15) is 0 Å². The Morgan fingerprint density at radius 3 is 2.70 bits per heavy atom. The Bertz CT molecular complexity index is 565. The highest BCUT2D eigenvalue weighted by Gasteiger charge is 2.71. The molecule has 0 unspecified atom stereocenters. The molecule has 1 aliphatic heterocycles. The van der Waals surface area contributed by atoms with Gasteiger partial charge in [-0.05, 0) is 68.1 Å². The van der Waals surface area contributed by atoms with E-state index in [9.17, 15) is 10.2 Å². The first kappa shape index (κ1) is 14.9. The molecule has 0 aromatic carbocycles. The minimum absolute atomic E-state index is 0.0945. The van der Waals surface area contributed by atoms with E-state index in [2.05, 4.69) is 19.9 Å². The summed E-state index contributed by atoms with van der Waals surface area (Å²) in [6.45, 7) is 5.67. The summed E-state index contributed by atoms with van der Waals surface area (Å²) >= 11 is 0. The van der Waals surface area contributed by atoms with Crippen LogP contribution in [0, 0.1) is 28.6 Å². The molecule has 1 saturated heterocycles. The number of hydrogen-bond acceptors (Lipinski definition) is 3. The molecular formula is C20H30O3. The summed E-state index contributed by atoms with van der Waals surface area (Å²) in [5.41, 5.74) is 1.79. The number of epoxide rings is 1. The van der Waals surface area contributed by atoms with Crippen LogP contribution in [0.1, 0.15) is 58.8 Å². The van der Waals surface area contributed by atoms with Crippen molar-refractivity contribution in [3.63, 3.8) is 0 Å². The number of ether oxygens (including phenoxy) is 1. The van der Waals surface area contributed by atoms with E-state index in [1.54, 1.807) is 0 Å². The Morgan fingerprint density at radius 2 is 1.96 bits per heavy atom. The fourth-order valence-corrected chi connectivity index (χ4v) is 7.41. The Morgan fingerprint density at radius 1 is 1.17 bits per heavy atom. The SMILES string of the molecule is C[C@]12CC[C@H](O)CC1=CC[C@@H]1[C@@H]2[C@H](O)C[C@@]2(C)[C@H]1CC[C@@]21CO1. The molecule has 1 heterocycles. The number of fused-ring (bicyclic) bond motifs is 6. The predicted octanol–water partition coefficient (Wildman–Crippen LogP) is 3.05. The largest absolute Gasteiger partial charge is 0.393 e. The molecular weight excluding hydrogens is 288 g/mol. The molecule has 3 saturated carbocycles. The molecule has 8 atom stereocenters. The maximum Gasteiger partial charge on any atom is 0.0973 e. The van der Waals surface area contributed by atoms with E-state index >= 15 is 0 Å². The number of aliphatic hydroxyl groups is 2. The lowest BCUT2D eigenvalue weighted by Crippen LogP contribution is -2.57. The first-order chi connectivity index (χ1) is 10.9. The van der Waals surface area contributed by atoms with Crippen LogP contribution in [0.5, 0.6) is 0 Å². The summed E-state index contributed by atoms with van der Waals surface area (Å²) in [6, 6.07) is 0. The topological polar surface area (TPSA) is 53.0 Å². The Labute approximate surface area is 139 Å². The third-order valence-corrected chi connectivity index (χ3v) is 8.80. The van der Waals surface area contributed by atoms with Crippen molar-refractivity contribution < 1.29 is 14.9 Å². The van der Waals surface area contributed by atoms with Crippen molar-refractivity contribution in [2.24, 2.45) is 28.6 Å². The standard InChI is InChI=1S/C20H30O3/c1-18-7-5-13(21)9-12(18)3-4-14-15-6-8-20(11-23-20)19(15,2)10-16(22)17(14)18/h3,13-17,21-22H,4-11H2,1-2H3/t13-,14-,15-,16+,17+,18-,19-,20+/m0/s1. The Hall–Kier alpha value is -0.380. The molecule has 0 radical (unpaired) electrons. The normalized spacial score (nSPS) is 60.7. The molecule has 3 nitrogen and oxygen atoms in total. The van der Waals surface area contributed by atoms with Crippen molar-refractivity contribution >= 4 is 0 Å². The number of rotatable bonds is 0. The van der Waals surface area contributed by atoms with Crippen molar-refractivity contribution in [3.05, 3.63) is 11.6 Å². The highest BCUT2D eigenvalue weighted by atomic mass is 16.6. The predicted molar refractivity (Wildman–Crippen MR) is 87.8 cm³/mol. The van der Waals surface area contributed by atoms with Crippen LogP contribution < -0.4 is 0 Å².